The van der Waals surface area contributed by atoms with Gasteiger partial charge in [0, 0.05) is 13.1 Å². The van der Waals surface area contributed by atoms with Gasteiger partial charge in [-0.05, 0) is 56.1 Å². The topological polar surface area (TPSA) is 41.6 Å². The van der Waals surface area contributed by atoms with Crippen LogP contribution in [0.1, 0.15) is 30.9 Å². The van der Waals surface area contributed by atoms with Crippen molar-refractivity contribution in [3.05, 3.63) is 64.7 Å². The second kappa shape index (κ2) is 9.06. The zero-order valence-electron chi connectivity index (χ0n) is 15.1. The number of hydrogen-bond donors (Lipinski definition) is 1. The smallest absolute Gasteiger partial charge is 0.261 e. The van der Waals surface area contributed by atoms with Crippen LogP contribution in [-0.4, -0.2) is 30.0 Å². The van der Waals surface area contributed by atoms with Crippen molar-refractivity contribution in [3.63, 3.8) is 0 Å². The maximum atomic E-state index is 12.2. The molecule has 2 aromatic carbocycles. The quantitative estimate of drug-likeness (QED) is 0.798. The minimum absolute atomic E-state index is 0.161. The highest BCUT2D eigenvalue weighted by molar-refractivity contribution is 6.32. The predicted molar refractivity (Wildman–Crippen MR) is 104 cm³/mol. The van der Waals surface area contributed by atoms with Crippen molar-refractivity contribution in [2.24, 2.45) is 0 Å². The number of halogens is 1. The number of nitrogens with one attached hydrogen (secondary N) is 1. The van der Waals surface area contributed by atoms with Gasteiger partial charge < -0.3 is 10.1 Å². The molecule has 26 heavy (non-hydrogen) atoms. The number of benzene rings is 2. The van der Waals surface area contributed by atoms with Gasteiger partial charge in [-0.1, -0.05) is 48.0 Å². The summed E-state index contributed by atoms with van der Waals surface area (Å²) < 4.78 is 5.64. The van der Waals surface area contributed by atoms with E-state index in [2.05, 4.69) is 34.5 Å². The summed E-state index contributed by atoms with van der Waals surface area (Å²) >= 11 is 6.06. The molecule has 1 N–H and O–H groups in total. The Labute approximate surface area is 160 Å². The fourth-order valence-electron chi connectivity index (χ4n) is 3.08. The molecule has 0 bridgehead atoms. The number of likely N-dealkylation sites (tertiary alicyclic amines) is 1. The normalized spacial score (nSPS) is 15.6. The van der Waals surface area contributed by atoms with Crippen molar-refractivity contribution < 1.29 is 9.53 Å². The number of amides is 1. The molecule has 5 heteroatoms. The number of para-hydroxylation sites is 1. The summed E-state index contributed by atoms with van der Waals surface area (Å²) in [7, 11) is 0. The molecule has 1 unspecified atom stereocenters. The fourth-order valence-corrected chi connectivity index (χ4v) is 3.26. The summed E-state index contributed by atoms with van der Waals surface area (Å²) in [6.07, 6.45) is 2.00. The standard InChI is InChI=1S/C21H25ClN2O2/c1-16(26-20-7-3-2-6-19(20)22)21(25)23-14-17-8-10-18(11-9-17)15-24-12-4-5-13-24/h2-3,6-11,16H,4-5,12-15H2,1H3,(H,23,25). The van der Waals surface area contributed by atoms with E-state index in [-0.39, 0.29) is 5.91 Å². The molecular formula is C21H25ClN2O2. The Hall–Kier alpha value is -2.04. The molecule has 0 aromatic heterocycles. The molecule has 4 nitrogen and oxygen atoms in total. The lowest BCUT2D eigenvalue weighted by atomic mass is 10.1. The predicted octanol–water partition coefficient (Wildman–Crippen LogP) is 4.02. The van der Waals surface area contributed by atoms with Gasteiger partial charge >= 0.3 is 0 Å². The second-order valence-electron chi connectivity index (χ2n) is 6.71. The molecule has 1 aliphatic rings. The van der Waals surface area contributed by atoms with Crippen molar-refractivity contribution >= 4 is 17.5 Å². The van der Waals surface area contributed by atoms with Crippen molar-refractivity contribution in [1.29, 1.82) is 0 Å². The monoisotopic (exact) mass is 372 g/mol. The van der Waals surface area contributed by atoms with Gasteiger partial charge in [0.15, 0.2) is 6.10 Å². The van der Waals surface area contributed by atoms with Crippen molar-refractivity contribution in [1.82, 2.24) is 10.2 Å². The van der Waals surface area contributed by atoms with E-state index >= 15 is 0 Å². The number of ether oxygens (including phenoxy) is 1. The maximum absolute atomic E-state index is 12.2. The van der Waals surface area contributed by atoms with E-state index in [0.29, 0.717) is 17.3 Å². The summed E-state index contributed by atoms with van der Waals surface area (Å²) in [5.74, 6) is 0.356. The molecule has 0 aliphatic carbocycles. The van der Waals surface area contributed by atoms with E-state index in [1.165, 1.54) is 31.5 Å². The van der Waals surface area contributed by atoms with E-state index in [9.17, 15) is 4.79 Å². The van der Waals surface area contributed by atoms with E-state index < -0.39 is 6.10 Å². The lowest BCUT2D eigenvalue weighted by molar-refractivity contribution is -0.127. The van der Waals surface area contributed by atoms with Crippen LogP contribution in [-0.2, 0) is 17.9 Å². The molecule has 1 atom stereocenters. The average Bonchev–Trinajstić information content (AvgIpc) is 3.16. The molecule has 0 spiro atoms. The summed E-state index contributed by atoms with van der Waals surface area (Å²) in [4.78, 5) is 14.7. The number of carbonyl (C=O) groups excluding carboxylic acids is 1. The lowest BCUT2D eigenvalue weighted by Gasteiger charge is -2.16. The van der Waals surface area contributed by atoms with E-state index in [4.69, 9.17) is 16.3 Å². The number of carbonyl (C=O) groups is 1. The highest BCUT2D eigenvalue weighted by atomic mass is 35.5. The molecule has 0 radical (unpaired) electrons. The Morgan fingerprint density at radius 3 is 2.46 bits per heavy atom. The van der Waals surface area contributed by atoms with Crippen molar-refractivity contribution in [3.8, 4) is 5.75 Å². The van der Waals surface area contributed by atoms with Crippen LogP contribution in [0.15, 0.2) is 48.5 Å². The third kappa shape index (κ3) is 5.23. The van der Waals surface area contributed by atoms with Crippen molar-refractivity contribution in [2.75, 3.05) is 13.1 Å². The Morgan fingerprint density at radius 1 is 1.12 bits per heavy atom. The van der Waals surface area contributed by atoms with Gasteiger partial charge in [-0.15, -0.1) is 0 Å². The summed E-state index contributed by atoms with van der Waals surface area (Å²) in [6.45, 7) is 5.61. The highest BCUT2D eigenvalue weighted by Gasteiger charge is 2.16. The number of rotatable bonds is 7. The zero-order chi connectivity index (χ0) is 18.4. The Kier molecular flexibility index (Phi) is 6.53. The highest BCUT2D eigenvalue weighted by Crippen LogP contribution is 2.24. The number of nitrogens with zero attached hydrogens (tertiary/aromatic N) is 1. The first kappa shape index (κ1) is 18.7. The molecule has 0 saturated carbocycles. The van der Waals surface area contributed by atoms with Crippen LogP contribution < -0.4 is 10.1 Å². The Bertz CT molecular complexity index is 727. The molecule has 1 heterocycles. The average molecular weight is 373 g/mol. The third-order valence-electron chi connectivity index (χ3n) is 4.60. The van der Waals surface area contributed by atoms with Gasteiger partial charge in [0.2, 0.25) is 0 Å². The fraction of sp³-hybridized carbons (Fsp3) is 0.381. The first-order valence-corrected chi connectivity index (χ1v) is 9.48. The van der Waals surface area contributed by atoms with Gasteiger partial charge in [0.05, 0.1) is 5.02 Å². The van der Waals surface area contributed by atoms with Crippen LogP contribution >= 0.6 is 11.6 Å². The zero-order valence-corrected chi connectivity index (χ0v) is 15.8. The van der Waals surface area contributed by atoms with Gasteiger partial charge in [0.25, 0.3) is 5.91 Å². The van der Waals surface area contributed by atoms with Crippen LogP contribution in [0.3, 0.4) is 0 Å². The molecular weight excluding hydrogens is 348 g/mol. The van der Waals surface area contributed by atoms with Crippen LogP contribution in [0, 0.1) is 0 Å². The first-order valence-electron chi connectivity index (χ1n) is 9.11. The molecule has 138 valence electrons. The SMILES string of the molecule is CC(Oc1ccccc1Cl)C(=O)NCc1ccc(CN2CCCC2)cc1. The third-order valence-corrected chi connectivity index (χ3v) is 4.92. The van der Waals surface area contributed by atoms with Crippen molar-refractivity contribution in [2.45, 2.75) is 39.0 Å². The van der Waals surface area contributed by atoms with Crippen LogP contribution in [0.4, 0.5) is 0 Å². The van der Waals surface area contributed by atoms with Gasteiger partial charge in [-0.3, -0.25) is 9.69 Å². The van der Waals surface area contributed by atoms with E-state index in [1.54, 1.807) is 19.1 Å². The second-order valence-corrected chi connectivity index (χ2v) is 7.12. The van der Waals surface area contributed by atoms with Gasteiger partial charge in [0.1, 0.15) is 5.75 Å². The molecule has 2 aromatic rings. The molecule has 3 rings (SSSR count). The molecule has 1 fully saturated rings. The van der Waals surface area contributed by atoms with Crippen LogP contribution in [0.2, 0.25) is 5.02 Å². The minimum Gasteiger partial charge on any atom is -0.479 e. The minimum atomic E-state index is -0.607. The van der Waals surface area contributed by atoms with Crippen LogP contribution in [0.5, 0.6) is 5.75 Å². The summed E-state index contributed by atoms with van der Waals surface area (Å²) in [6, 6.07) is 15.6. The Balaban J connectivity index is 1.46. The molecule has 1 amide bonds. The van der Waals surface area contributed by atoms with Crippen LogP contribution in [0.25, 0.3) is 0 Å². The van der Waals surface area contributed by atoms with E-state index in [1.807, 2.05) is 12.1 Å². The maximum Gasteiger partial charge on any atom is 0.261 e. The van der Waals surface area contributed by atoms with Gasteiger partial charge in [-0.2, -0.15) is 0 Å². The lowest BCUT2D eigenvalue weighted by Crippen LogP contribution is -2.35. The largest absolute Gasteiger partial charge is 0.479 e. The van der Waals surface area contributed by atoms with Gasteiger partial charge in [-0.25, -0.2) is 0 Å². The number of hydrogen-bond acceptors (Lipinski definition) is 3. The summed E-state index contributed by atoms with van der Waals surface area (Å²) in [5.41, 5.74) is 2.39. The molecule has 1 aliphatic heterocycles. The van der Waals surface area contributed by atoms with E-state index in [0.717, 1.165) is 12.1 Å². The summed E-state index contributed by atoms with van der Waals surface area (Å²) in [5, 5.41) is 3.41. The molecule has 1 saturated heterocycles. The Morgan fingerprint density at radius 2 is 1.77 bits per heavy atom. The first-order chi connectivity index (χ1) is 12.6.